The van der Waals surface area contributed by atoms with Gasteiger partial charge in [0, 0.05) is 5.56 Å². The molecule has 0 aliphatic carbocycles. The summed E-state index contributed by atoms with van der Waals surface area (Å²) in [6.45, 7) is 3.51. The largest absolute Gasteiger partial charge is 0.343 e. The third-order valence-corrected chi connectivity index (χ3v) is 3.31. The lowest BCUT2D eigenvalue weighted by atomic mass is 10.1. The van der Waals surface area contributed by atoms with E-state index in [9.17, 15) is 14.0 Å². The maximum Gasteiger partial charge on any atom is 0.259 e. The van der Waals surface area contributed by atoms with Crippen LogP contribution in [0.1, 0.15) is 28.4 Å². The van der Waals surface area contributed by atoms with E-state index < -0.39 is 17.6 Å². The van der Waals surface area contributed by atoms with Crippen LogP contribution in [0.5, 0.6) is 0 Å². The summed E-state index contributed by atoms with van der Waals surface area (Å²) >= 11 is 0. The Kier molecular flexibility index (Phi) is 5.78. The third kappa shape index (κ3) is 5.01. The van der Waals surface area contributed by atoms with Crippen LogP contribution in [0.3, 0.4) is 0 Å². The van der Waals surface area contributed by atoms with Gasteiger partial charge in [0.05, 0.1) is 12.3 Å². The van der Waals surface area contributed by atoms with Gasteiger partial charge in [-0.2, -0.15) is 5.10 Å². The van der Waals surface area contributed by atoms with E-state index in [4.69, 9.17) is 0 Å². The minimum atomic E-state index is -0.524. The van der Waals surface area contributed by atoms with Crippen molar-refractivity contribution in [1.29, 1.82) is 0 Å². The first-order chi connectivity index (χ1) is 11.5. The van der Waals surface area contributed by atoms with Crippen molar-refractivity contribution in [3.05, 3.63) is 71.0 Å². The Balaban J connectivity index is 1.86. The number of benzene rings is 2. The van der Waals surface area contributed by atoms with Crippen LogP contribution in [0.15, 0.2) is 53.6 Å². The standard InChI is InChI=1S/C18H18FN3O2/c1-12-6-8-14(9-7-12)13(2)21-22-17(23)11-20-18(24)15-4-3-5-16(19)10-15/h3-10H,11H2,1-2H3,(H,20,24)(H,22,23). The average molecular weight is 327 g/mol. The summed E-state index contributed by atoms with van der Waals surface area (Å²) in [5, 5.41) is 6.40. The Morgan fingerprint density at radius 1 is 1.08 bits per heavy atom. The number of amides is 2. The fraction of sp³-hybridized carbons (Fsp3) is 0.167. The number of hydrogen-bond donors (Lipinski definition) is 2. The number of rotatable bonds is 5. The zero-order chi connectivity index (χ0) is 17.5. The molecule has 2 aromatic rings. The SMILES string of the molecule is CC(=NNC(=O)CNC(=O)c1cccc(F)c1)c1ccc(C)cc1. The molecule has 0 atom stereocenters. The second-order valence-electron chi connectivity index (χ2n) is 5.29. The molecule has 0 aliphatic heterocycles. The van der Waals surface area contributed by atoms with Crippen molar-refractivity contribution in [2.75, 3.05) is 6.54 Å². The zero-order valence-corrected chi connectivity index (χ0v) is 13.5. The molecule has 5 nitrogen and oxygen atoms in total. The summed E-state index contributed by atoms with van der Waals surface area (Å²) in [6.07, 6.45) is 0. The molecule has 6 heteroatoms. The Hall–Kier alpha value is -3.02. The fourth-order valence-corrected chi connectivity index (χ4v) is 1.94. The van der Waals surface area contributed by atoms with Crippen LogP contribution in [0.4, 0.5) is 4.39 Å². The fourth-order valence-electron chi connectivity index (χ4n) is 1.94. The molecule has 2 N–H and O–H groups in total. The van der Waals surface area contributed by atoms with Crippen molar-refractivity contribution < 1.29 is 14.0 Å². The van der Waals surface area contributed by atoms with Crippen LogP contribution in [-0.4, -0.2) is 24.1 Å². The van der Waals surface area contributed by atoms with Crippen molar-refractivity contribution >= 4 is 17.5 Å². The number of nitrogens with zero attached hydrogens (tertiary/aromatic N) is 1. The van der Waals surface area contributed by atoms with E-state index in [0.29, 0.717) is 5.71 Å². The molecule has 0 aromatic heterocycles. The molecular weight excluding hydrogens is 309 g/mol. The summed E-state index contributed by atoms with van der Waals surface area (Å²) in [5.74, 6) is -1.50. The van der Waals surface area contributed by atoms with Gasteiger partial charge >= 0.3 is 0 Å². The van der Waals surface area contributed by atoms with Gasteiger partial charge in [0.25, 0.3) is 11.8 Å². The van der Waals surface area contributed by atoms with E-state index in [1.807, 2.05) is 31.2 Å². The first kappa shape index (κ1) is 17.3. The number of hydrogen-bond acceptors (Lipinski definition) is 3. The molecule has 2 amide bonds. The highest BCUT2D eigenvalue weighted by atomic mass is 19.1. The predicted molar refractivity (Wildman–Crippen MR) is 90.3 cm³/mol. The number of nitrogens with one attached hydrogen (secondary N) is 2. The van der Waals surface area contributed by atoms with Gasteiger partial charge in [-0.15, -0.1) is 0 Å². The van der Waals surface area contributed by atoms with Crippen molar-refractivity contribution in [2.45, 2.75) is 13.8 Å². The van der Waals surface area contributed by atoms with Gasteiger partial charge in [-0.25, -0.2) is 9.82 Å². The maximum atomic E-state index is 13.0. The second-order valence-corrected chi connectivity index (χ2v) is 5.29. The molecule has 0 saturated carbocycles. The lowest BCUT2D eigenvalue weighted by Crippen LogP contribution is -2.35. The molecule has 124 valence electrons. The van der Waals surface area contributed by atoms with E-state index in [-0.39, 0.29) is 12.1 Å². The Morgan fingerprint density at radius 3 is 2.46 bits per heavy atom. The summed E-state index contributed by atoms with van der Waals surface area (Å²) in [6, 6.07) is 13.0. The summed E-state index contributed by atoms with van der Waals surface area (Å²) in [7, 11) is 0. The van der Waals surface area contributed by atoms with Gasteiger partial charge < -0.3 is 5.32 Å². The molecule has 0 aliphatic rings. The lowest BCUT2D eigenvalue weighted by Gasteiger charge is -2.06. The smallest absolute Gasteiger partial charge is 0.259 e. The van der Waals surface area contributed by atoms with Gasteiger partial charge in [0.2, 0.25) is 0 Å². The quantitative estimate of drug-likeness (QED) is 0.654. The Bertz CT molecular complexity index is 770. The van der Waals surface area contributed by atoms with E-state index in [2.05, 4.69) is 15.8 Å². The van der Waals surface area contributed by atoms with Gasteiger partial charge in [-0.05, 0) is 37.6 Å². The van der Waals surface area contributed by atoms with E-state index in [0.717, 1.165) is 17.2 Å². The number of carbonyl (C=O) groups is 2. The van der Waals surface area contributed by atoms with Crippen LogP contribution < -0.4 is 10.7 Å². The number of carbonyl (C=O) groups excluding carboxylic acids is 2. The van der Waals surface area contributed by atoms with Gasteiger partial charge in [0.1, 0.15) is 5.82 Å². The van der Waals surface area contributed by atoms with Crippen LogP contribution in [0, 0.1) is 12.7 Å². The van der Waals surface area contributed by atoms with Crippen molar-refractivity contribution in [1.82, 2.24) is 10.7 Å². The minimum Gasteiger partial charge on any atom is -0.343 e. The van der Waals surface area contributed by atoms with Gasteiger partial charge in [0.15, 0.2) is 0 Å². The highest BCUT2D eigenvalue weighted by Crippen LogP contribution is 2.04. The van der Waals surface area contributed by atoms with E-state index in [1.54, 1.807) is 6.92 Å². The van der Waals surface area contributed by atoms with Gasteiger partial charge in [-0.3, -0.25) is 9.59 Å². The predicted octanol–water partition coefficient (Wildman–Crippen LogP) is 2.40. The molecule has 0 radical (unpaired) electrons. The first-order valence-corrected chi connectivity index (χ1v) is 7.39. The summed E-state index contributed by atoms with van der Waals surface area (Å²) in [5.41, 5.74) is 5.21. The molecule has 0 spiro atoms. The number of aryl methyl sites for hydroxylation is 1. The summed E-state index contributed by atoms with van der Waals surface area (Å²) in [4.78, 5) is 23.5. The average Bonchev–Trinajstić information content (AvgIpc) is 2.58. The minimum absolute atomic E-state index is 0.155. The van der Waals surface area contributed by atoms with Crippen LogP contribution in [0.25, 0.3) is 0 Å². The normalized spacial score (nSPS) is 11.0. The van der Waals surface area contributed by atoms with Crippen LogP contribution in [0.2, 0.25) is 0 Å². The van der Waals surface area contributed by atoms with Crippen molar-refractivity contribution in [3.8, 4) is 0 Å². The molecule has 2 aromatic carbocycles. The molecule has 0 bridgehead atoms. The summed E-state index contributed by atoms with van der Waals surface area (Å²) < 4.78 is 13.0. The van der Waals surface area contributed by atoms with Crippen LogP contribution >= 0.6 is 0 Å². The topological polar surface area (TPSA) is 70.6 Å². The van der Waals surface area contributed by atoms with Crippen molar-refractivity contribution in [3.63, 3.8) is 0 Å². The van der Waals surface area contributed by atoms with E-state index >= 15 is 0 Å². The maximum absolute atomic E-state index is 13.0. The Morgan fingerprint density at radius 2 is 1.79 bits per heavy atom. The Labute approximate surface area is 139 Å². The molecule has 0 unspecified atom stereocenters. The van der Waals surface area contributed by atoms with Crippen molar-refractivity contribution in [2.24, 2.45) is 5.10 Å². The second kappa shape index (κ2) is 8.01. The first-order valence-electron chi connectivity index (χ1n) is 7.39. The zero-order valence-electron chi connectivity index (χ0n) is 13.5. The molecule has 0 fully saturated rings. The van der Waals surface area contributed by atoms with E-state index in [1.165, 1.54) is 18.2 Å². The number of hydrazone groups is 1. The number of halogens is 1. The highest BCUT2D eigenvalue weighted by Gasteiger charge is 2.08. The molecule has 0 heterocycles. The lowest BCUT2D eigenvalue weighted by molar-refractivity contribution is -0.120. The van der Waals surface area contributed by atoms with Gasteiger partial charge in [-0.1, -0.05) is 35.9 Å². The third-order valence-electron chi connectivity index (χ3n) is 3.31. The highest BCUT2D eigenvalue weighted by molar-refractivity contribution is 6.00. The molecule has 2 rings (SSSR count). The molecular formula is C18H18FN3O2. The molecule has 0 saturated heterocycles. The monoisotopic (exact) mass is 327 g/mol. The van der Waals surface area contributed by atoms with Crippen LogP contribution in [-0.2, 0) is 4.79 Å². The molecule has 24 heavy (non-hydrogen) atoms.